The number of ether oxygens (including phenoxy) is 2. The lowest BCUT2D eigenvalue weighted by molar-refractivity contribution is 0.134. The van der Waals surface area contributed by atoms with Crippen molar-refractivity contribution in [2.75, 3.05) is 20.8 Å². The molecule has 6 nitrogen and oxygen atoms in total. The van der Waals surface area contributed by atoms with E-state index in [1.165, 1.54) is 17.7 Å². The molecule has 1 aliphatic heterocycles. The summed E-state index contributed by atoms with van der Waals surface area (Å²) in [6, 6.07) is 10.3. The molecule has 0 spiro atoms. The van der Waals surface area contributed by atoms with Crippen molar-refractivity contribution in [3.63, 3.8) is 0 Å². The monoisotopic (exact) mass is 457 g/mol. The van der Waals surface area contributed by atoms with Gasteiger partial charge in [0.15, 0.2) is 11.5 Å². The van der Waals surface area contributed by atoms with E-state index in [4.69, 9.17) is 9.47 Å². The van der Waals surface area contributed by atoms with Crippen molar-refractivity contribution in [1.29, 1.82) is 0 Å². The smallest absolute Gasteiger partial charge is 0.315 e. The summed E-state index contributed by atoms with van der Waals surface area (Å²) in [4.78, 5) is 15.1. The molecule has 180 valence electrons. The van der Waals surface area contributed by atoms with E-state index in [1.54, 1.807) is 14.2 Å². The van der Waals surface area contributed by atoms with Crippen LogP contribution in [0.5, 0.6) is 11.5 Å². The van der Waals surface area contributed by atoms with Gasteiger partial charge in [0.05, 0.1) is 26.3 Å². The molecule has 2 amide bonds. The third kappa shape index (κ3) is 6.16. The molecule has 1 aliphatic rings. The van der Waals surface area contributed by atoms with Crippen LogP contribution in [0, 0.1) is 5.82 Å². The molecule has 7 heteroatoms. The van der Waals surface area contributed by atoms with Crippen LogP contribution in [-0.4, -0.2) is 43.3 Å². The summed E-state index contributed by atoms with van der Waals surface area (Å²) in [5, 5.41) is 6.20. The SMILES string of the molecule is CCC(NC(=O)NC(C)(C)C)C1c2cc(OC)c(OC)cc2CCN1Cc1ccc(F)cc1. The molecule has 2 aromatic carbocycles. The Morgan fingerprint density at radius 1 is 1.15 bits per heavy atom. The fraction of sp³-hybridized carbons (Fsp3) is 0.500. The molecule has 0 aromatic heterocycles. The minimum absolute atomic E-state index is 0.0747. The van der Waals surface area contributed by atoms with E-state index in [9.17, 15) is 9.18 Å². The Kier molecular flexibility index (Phi) is 7.84. The van der Waals surface area contributed by atoms with Gasteiger partial charge in [0, 0.05) is 18.6 Å². The highest BCUT2D eigenvalue weighted by Crippen LogP contribution is 2.40. The lowest BCUT2D eigenvalue weighted by Gasteiger charge is -2.42. The number of carbonyl (C=O) groups is 1. The molecule has 0 saturated heterocycles. The molecule has 3 rings (SSSR count). The topological polar surface area (TPSA) is 62.8 Å². The van der Waals surface area contributed by atoms with Crippen LogP contribution in [0.4, 0.5) is 9.18 Å². The Bertz CT molecular complexity index is 956. The van der Waals surface area contributed by atoms with Crippen LogP contribution in [0.3, 0.4) is 0 Å². The molecule has 0 fully saturated rings. The van der Waals surface area contributed by atoms with Gasteiger partial charge in [0.25, 0.3) is 0 Å². The van der Waals surface area contributed by atoms with E-state index in [2.05, 4.69) is 22.5 Å². The molecule has 2 N–H and O–H groups in total. The van der Waals surface area contributed by atoms with Crippen molar-refractivity contribution in [3.05, 3.63) is 58.9 Å². The summed E-state index contributed by atoms with van der Waals surface area (Å²) in [6.45, 7) is 9.42. The van der Waals surface area contributed by atoms with Crippen molar-refractivity contribution >= 4 is 6.03 Å². The van der Waals surface area contributed by atoms with Gasteiger partial charge in [-0.3, -0.25) is 4.90 Å². The second-order valence-electron chi connectivity index (χ2n) is 9.56. The second kappa shape index (κ2) is 10.4. The second-order valence-corrected chi connectivity index (χ2v) is 9.56. The molecule has 33 heavy (non-hydrogen) atoms. The van der Waals surface area contributed by atoms with Gasteiger partial charge >= 0.3 is 6.03 Å². The first-order valence-corrected chi connectivity index (χ1v) is 11.5. The highest BCUT2D eigenvalue weighted by atomic mass is 19.1. The summed E-state index contributed by atoms with van der Waals surface area (Å²) < 4.78 is 24.6. The fourth-order valence-electron chi connectivity index (χ4n) is 4.45. The van der Waals surface area contributed by atoms with Crippen LogP contribution in [-0.2, 0) is 13.0 Å². The van der Waals surface area contributed by atoms with Crippen LogP contribution in [0.2, 0.25) is 0 Å². The minimum Gasteiger partial charge on any atom is -0.493 e. The van der Waals surface area contributed by atoms with Gasteiger partial charge < -0.3 is 20.1 Å². The van der Waals surface area contributed by atoms with E-state index in [-0.39, 0.29) is 29.5 Å². The molecule has 2 unspecified atom stereocenters. The van der Waals surface area contributed by atoms with Crippen molar-refractivity contribution in [3.8, 4) is 11.5 Å². The standard InChI is InChI=1S/C26H36FN3O3/c1-7-21(28-25(31)29-26(2,3)4)24-20-15-23(33-6)22(32-5)14-18(20)12-13-30(24)16-17-8-10-19(27)11-9-17/h8-11,14-15,21,24H,7,12-13,16H2,1-6H3,(H2,28,29,31). The lowest BCUT2D eigenvalue weighted by Crippen LogP contribution is -2.54. The van der Waals surface area contributed by atoms with Crippen LogP contribution < -0.4 is 20.1 Å². The molecule has 0 radical (unpaired) electrons. The van der Waals surface area contributed by atoms with Gasteiger partial charge in [-0.1, -0.05) is 19.1 Å². The van der Waals surface area contributed by atoms with Gasteiger partial charge in [-0.2, -0.15) is 0 Å². The fourth-order valence-corrected chi connectivity index (χ4v) is 4.45. The number of nitrogens with one attached hydrogen (secondary N) is 2. The van der Waals surface area contributed by atoms with Crippen molar-refractivity contribution in [2.24, 2.45) is 0 Å². The van der Waals surface area contributed by atoms with Crippen molar-refractivity contribution in [1.82, 2.24) is 15.5 Å². The number of rotatable bonds is 7. The predicted octanol–water partition coefficient (Wildman–Crippen LogP) is 4.82. The first kappa shape index (κ1) is 24.8. The molecule has 0 aliphatic carbocycles. The van der Waals surface area contributed by atoms with Crippen LogP contribution in [0.25, 0.3) is 0 Å². The zero-order chi connectivity index (χ0) is 24.2. The largest absolute Gasteiger partial charge is 0.493 e. The molecular weight excluding hydrogens is 421 g/mol. The number of carbonyl (C=O) groups excluding carboxylic acids is 1. The van der Waals surface area contributed by atoms with Crippen LogP contribution in [0.15, 0.2) is 36.4 Å². The van der Waals surface area contributed by atoms with Gasteiger partial charge in [-0.25, -0.2) is 9.18 Å². The van der Waals surface area contributed by atoms with Gasteiger partial charge in [0.2, 0.25) is 0 Å². The zero-order valence-electron chi connectivity index (χ0n) is 20.5. The molecular formula is C26H36FN3O3. The number of benzene rings is 2. The Morgan fingerprint density at radius 2 is 1.79 bits per heavy atom. The summed E-state index contributed by atoms with van der Waals surface area (Å²) in [5.41, 5.74) is 2.99. The van der Waals surface area contributed by atoms with Gasteiger partial charge in [-0.05, 0) is 74.6 Å². The third-order valence-electron chi connectivity index (χ3n) is 5.95. The van der Waals surface area contributed by atoms with Crippen LogP contribution >= 0.6 is 0 Å². The van der Waals surface area contributed by atoms with Gasteiger partial charge in [-0.15, -0.1) is 0 Å². The minimum atomic E-state index is -0.336. The van der Waals surface area contributed by atoms with E-state index >= 15 is 0 Å². The molecule has 2 atom stereocenters. The number of methoxy groups -OCH3 is 2. The van der Waals surface area contributed by atoms with Gasteiger partial charge in [0.1, 0.15) is 5.82 Å². The maximum Gasteiger partial charge on any atom is 0.315 e. The maximum absolute atomic E-state index is 13.5. The summed E-state index contributed by atoms with van der Waals surface area (Å²) in [6.07, 6.45) is 1.59. The van der Waals surface area contributed by atoms with Crippen LogP contribution in [0.1, 0.15) is 56.8 Å². The Balaban J connectivity index is 1.99. The normalized spacial score (nSPS) is 17.1. The molecule has 0 saturated carbocycles. The molecule has 1 heterocycles. The zero-order valence-corrected chi connectivity index (χ0v) is 20.5. The van der Waals surface area contributed by atoms with E-state index in [1.807, 2.05) is 45.0 Å². The number of urea groups is 1. The first-order chi connectivity index (χ1) is 15.6. The van der Waals surface area contributed by atoms with E-state index in [0.717, 1.165) is 30.5 Å². The first-order valence-electron chi connectivity index (χ1n) is 11.5. The number of halogens is 1. The number of hydrogen-bond acceptors (Lipinski definition) is 4. The lowest BCUT2D eigenvalue weighted by atomic mass is 9.86. The molecule has 2 aromatic rings. The molecule has 0 bridgehead atoms. The average Bonchev–Trinajstić information content (AvgIpc) is 2.77. The van der Waals surface area contributed by atoms with E-state index < -0.39 is 0 Å². The highest BCUT2D eigenvalue weighted by Gasteiger charge is 2.35. The number of fused-ring (bicyclic) bond motifs is 1. The third-order valence-corrected chi connectivity index (χ3v) is 5.95. The number of hydrogen-bond donors (Lipinski definition) is 2. The number of amides is 2. The summed E-state index contributed by atoms with van der Waals surface area (Å²) >= 11 is 0. The average molecular weight is 458 g/mol. The Labute approximate surface area is 196 Å². The summed E-state index contributed by atoms with van der Waals surface area (Å²) in [5.74, 6) is 1.12. The van der Waals surface area contributed by atoms with Crippen molar-refractivity contribution in [2.45, 2.75) is 64.7 Å². The number of nitrogens with zero attached hydrogens (tertiary/aromatic N) is 1. The highest BCUT2D eigenvalue weighted by molar-refractivity contribution is 5.75. The summed E-state index contributed by atoms with van der Waals surface area (Å²) in [7, 11) is 3.27. The quantitative estimate of drug-likeness (QED) is 0.626. The Hall–Kier alpha value is -2.80. The maximum atomic E-state index is 13.5. The predicted molar refractivity (Wildman–Crippen MR) is 128 cm³/mol. The van der Waals surface area contributed by atoms with Crippen molar-refractivity contribution < 1.29 is 18.7 Å². The van der Waals surface area contributed by atoms with E-state index in [0.29, 0.717) is 18.0 Å². The Morgan fingerprint density at radius 3 is 2.36 bits per heavy atom.